The number of urea groups is 1. The Morgan fingerprint density at radius 3 is 2.38 bits per heavy atom. The van der Waals surface area contributed by atoms with Crippen LogP contribution >= 0.6 is 0 Å². The second-order valence-corrected chi connectivity index (χ2v) is 3.23. The number of hydrogen-bond donors (Lipinski definition) is 1. The van der Waals surface area contributed by atoms with Gasteiger partial charge < -0.3 is 10.2 Å². The summed E-state index contributed by atoms with van der Waals surface area (Å²) in [5.74, 6) is -1.90. The zero-order chi connectivity index (χ0) is 12.1. The minimum Gasteiger partial charge on any atom is -0.325 e. The van der Waals surface area contributed by atoms with E-state index in [0.29, 0.717) is 13.1 Å². The summed E-state index contributed by atoms with van der Waals surface area (Å²) in [4.78, 5) is 13.1. The van der Waals surface area contributed by atoms with Gasteiger partial charge in [-0.25, -0.2) is 13.6 Å². The lowest BCUT2D eigenvalue weighted by Gasteiger charge is -2.19. The maximum atomic E-state index is 12.9. The van der Waals surface area contributed by atoms with Crippen molar-refractivity contribution in [2.75, 3.05) is 18.4 Å². The highest BCUT2D eigenvalue weighted by molar-refractivity contribution is 5.89. The fraction of sp³-hybridized carbons (Fsp3) is 0.364. The van der Waals surface area contributed by atoms with Crippen LogP contribution in [0.25, 0.3) is 0 Å². The van der Waals surface area contributed by atoms with E-state index in [1.165, 1.54) is 6.07 Å². The predicted octanol–water partition coefficient (Wildman–Crippen LogP) is 2.84. The third-order valence-corrected chi connectivity index (χ3v) is 2.22. The normalized spacial score (nSPS) is 10.0. The van der Waals surface area contributed by atoms with Crippen molar-refractivity contribution in [3.63, 3.8) is 0 Å². The molecule has 3 nitrogen and oxygen atoms in total. The summed E-state index contributed by atoms with van der Waals surface area (Å²) in [6.45, 7) is 4.81. The quantitative estimate of drug-likeness (QED) is 0.847. The first-order valence-electron chi connectivity index (χ1n) is 5.09. The van der Waals surface area contributed by atoms with E-state index in [-0.39, 0.29) is 11.7 Å². The molecule has 1 aromatic carbocycles. The van der Waals surface area contributed by atoms with Gasteiger partial charge in [-0.3, -0.25) is 0 Å². The molecule has 0 bridgehead atoms. The fourth-order valence-corrected chi connectivity index (χ4v) is 1.29. The smallest absolute Gasteiger partial charge is 0.321 e. The van der Waals surface area contributed by atoms with Crippen molar-refractivity contribution in [2.45, 2.75) is 13.8 Å². The molecular formula is C11H14F2N2O. The van der Waals surface area contributed by atoms with Gasteiger partial charge in [-0.05, 0) is 26.0 Å². The van der Waals surface area contributed by atoms with Crippen LogP contribution in [-0.4, -0.2) is 24.0 Å². The number of nitrogens with one attached hydrogen (secondary N) is 1. The summed E-state index contributed by atoms with van der Waals surface area (Å²) in [5, 5.41) is 2.49. The zero-order valence-corrected chi connectivity index (χ0v) is 9.26. The Morgan fingerprint density at radius 1 is 1.25 bits per heavy atom. The van der Waals surface area contributed by atoms with Crippen molar-refractivity contribution >= 4 is 11.7 Å². The van der Waals surface area contributed by atoms with Crippen LogP contribution < -0.4 is 5.32 Å². The minimum absolute atomic E-state index is 0.246. The van der Waals surface area contributed by atoms with Gasteiger partial charge in [0.2, 0.25) is 0 Å². The minimum atomic E-state index is -0.975. The number of anilines is 1. The van der Waals surface area contributed by atoms with E-state index in [9.17, 15) is 13.6 Å². The Bertz CT molecular complexity index is 378. The van der Waals surface area contributed by atoms with Gasteiger partial charge in [0.05, 0.1) is 0 Å². The first-order chi connectivity index (χ1) is 7.58. The Labute approximate surface area is 93.1 Å². The van der Waals surface area contributed by atoms with Gasteiger partial charge in [-0.2, -0.15) is 0 Å². The Morgan fingerprint density at radius 2 is 1.88 bits per heavy atom. The molecule has 1 aromatic rings. The lowest BCUT2D eigenvalue weighted by molar-refractivity contribution is 0.217. The summed E-state index contributed by atoms with van der Waals surface area (Å²) in [5.41, 5.74) is 0.246. The van der Waals surface area contributed by atoms with Gasteiger partial charge >= 0.3 is 6.03 Å². The SMILES string of the molecule is CCN(CC)C(=O)Nc1ccc(F)c(F)c1. The zero-order valence-electron chi connectivity index (χ0n) is 9.26. The summed E-state index contributed by atoms with van der Waals surface area (Å²) in [7, 11) is 0. The summed E-state index contributed by atoms with van der Waals surface area (Å²) in [6, 6.07) is 2.93. The number of carbonyl (C=O) groups excluding carboxylic acids is 1. The van der Waals surface area contributed by atoms with E-state index < -0.39 is 11.6 Å². The van der Waals surface area contributed by atoms with Gasteiger partial charge in [-0.1, -0.05) is 0 Å². The third kappa shape index (κ3) is 2.92. The number of carbonyl (C=O) groups is 1. The van der Waals surface area contributed by atoms with Gasteiger partial charge in [0.25, 0.3) is 0 Å². The molecule has 2 amide bonds. The highest BCUT2D eigenvalue weighted by atomic mass is 19.2. The van der Waals surface area contributed by atoms with E-state index in [4.69, 9.17) is 0 Å². The highest BCUT2D eigenvalue weighted by Gasteiger charge is 2.10. The summed E-state index contributed by atoms with van der Waals surface area (Å²) >= 11 is 0. The molecule has 0 aliphatic carbocycles. The van der Waals surface area contributed by atoms with Crippen LogP contribution in [0.3, 0.4) is 0 Å². The molecule has 0 aromatic heterocycles. The van der Waals surface area contributed by atoms with Gasteiger partial charge in [0.1, 0.15) is 0 Å². The summed E-state index contributed by atoms with van der Waals surface area (Å²) in [6.07, 6.45) is 0. The molecular weight excluding hydrogens is 214 g/mol. The van der Waals surface area contributed by atoms with Crippen LogP contribution in [-0.2, 0) is 0 Å². The van der Waals surface area contributed by atoms with E-state index in [1.54, 1.807) is 4.90 Å². The molecule has 5 heteroatoms. The van der Waals surface area contributed by atoms with Crippen molar-refractivity contribution in [3.8, 4) is 0 Å². The molecule has 0 aliphatic heterocycles. The van der Waals surface area contributed by atoms with Crippen LogP contribution in [0, 0.1) is 11.6 Å². The Balaban J connectivity index is 2.73. The molecule has 0 spiro atoms. The van der Waals surface area contributed by atoms with Gasteiger partial charge in [0, 0.05) is 24.8 Å². The maximum absolute atomic E-state index is 12.9. The van der Waals surface area contributed by atoms with Crippen molar-refractivity contribution in [1.82, 2.24) is 4.90 Å². The standard InChI is InChI=1S/C11H14F2N2O/c1-3-15(4-2)11(16)14-8-5-6-9(12)10(13)7-8/h5-7H,3-4H2,1-2H3,(H,14,16). The first kappa shape index (κ1) is 12.4. The third-order valence-electron chi connectivity index (χ3n) is 2.22. The Hall–Kier alpha value is -1.65. The molecule has 0 heterocycles. The molecule has 0 saturated carbocycles. The topological polar surface area (TPSA) is 32.3 Å². The molecule has 0 aliphatic rings. The maximum Gasteiger partial charge on any atom is 0.321 e. The number of amides is 2. The second kappa shape index (κ2) is 5.44. The van der Waals surface area contributed by atoms with Crippen molar-refractivity contribution in [3.05, 3.63) is 29.8 Å². The Kier molecular flexibility index (Phi) is 4.22. The van der Waals surface area contributed by atoms with E-state index >= 15 is 0 Å². The highest BCUT2D eigenvalue weighted by Crippen LogP contribution is 2.13. The first-order valence-corrected chi connectivity index (χ1v) is 5.09. The van der Waals surface area contributed by atoms with E-state index in [1.807, 2.05) is 13.8 Å². The number of hydrogen-bond acceptors (Lipinski definition) is 1. The molecule has 0 saturated heterocycles. The average molecular weight is 228 g/mol. The van der Waals surface area contributed by atoms with E-state index in [2.05, 4.69) is 5.32 Å². The number of nitrogens with zero attached hydrogens (tertiary/aromatic N) is 1. The van der Waals surface area contributed by atoms with Gasteiger partial charge in [0.15, 0.2) is 11.6 Å². The lowest BCUT2D eigenvalue weighted by atomic mass is 10.3. The molecule has 1 rings (SSSR count). The van der Waals surface area contributed by atoms with Crippen molar-refractivity contribution < 1.29 is 13.6 Å². The number of benzene rings is 1. The molecule has 1 N–H and O–H groups in total. The van der Waals surface area contributed by atoms with Crippen LogP contribution in [0.4, 0.5) is 19.3 Å². The van der Waals surface area contributed by atoms with Crippen molar-refractivity contribution in [1.29, 1.82) is 0 Å². The van der Waals surface area contributed by atoms with Crippen LogP contribution in [0.2, 0.25) is 0 Å². The van der Waals surface area contributed by atoms with Crippen LogP contribution in [0.15, 0.2) is 18.2 Å². The second-order valence-electron chi connectivity index (χ2n) is 3.23. The molecule has 0 radical (unpaired) electrons. The molecule has 0 unspecified atom stereocenters. The van der Waals surface area contributed by atoms with Gasteiger partial charge in [-0.15, -0.1) is 0 Å². The predicted molar refractivity (Wildman–Crippen MR) is 58.3 cm³/mol. The van der Waals surface area contributed by atoms with Crippen molar-refractivity contribution in [2.24, 2.45) is 0 Å². The average Bonchev–Trinajstić information content (AvgIpc) is 2.25. The number of rotatable bonds is 3. The molecule has 0 atom stereocenters. The molecule has 0 fully saturated rings. The monoisotopic (exact) mass is 228 g/mol. The molecule has 88 valence electrons. The van der Waals surface area contributed by atoms with Crippen LogP contribution in [0.5, 0.6) is 0 Å². The van der Waals surface area contributed by atoms with E-state index in [0.717, 1.165) is 12.1 Å². The van der Waals surface area contributed by atoms with Crippen LogP contribution in [0.1, 0.15) is 13.8 Å². The molecule has 16 heavy (non-hydrogen) atoms. The largest absolute Gasteiger partial charge is 0.325 e. The summed E-state index contributed by atoms with van der Waals surface area (Å²) < 4.78 is 25.5. The number of halogens is 2. The fourth-order valence-electron chi connectivity index (χ4n) is 1.29. The lowest BCUT2D eigenvalue weighted by Crippen LogP contribution is -2.34.